The van der Waals surface area contributed by atoms with Crippen LogP contribution >= 0.6 is 0 Å². The molecule has 0 fully saturated rings. The molecule has 10 nitrogen and oxygen atoms in total. The third-order valence-electron chi connectivity index (χ3n) is 4.69. The number of nitrogens with one attached hydrogen (secondary N) is 4. The number of ether oxygens (including phenoxy) is 2. The Morgan fingerprint density at radius 2 is 1.00 bits per heavy atom. The second-order valence-corrected chi connectivity index (χ2v) is 7.45. The van der Waals surface area contributed by atoms with E-state index in [9.17, 15) is 19.2 Å². The number of carbonyl (C=O) groups is 4. The van der Waals surface area contributed by atoms with E-state index >= 15 is 0 Å². The third-order valence-corrected chi connectivity index (χ3v) is 4.69. The minimum absolute atomic E-state index is 0.0609. The van der Waals surface area contributed by atoms with E-state index < -0.39 is 36.1 Å². The van der Waals surface area contributed by atoms with Gasteiger partial charge in [0, 0.05) is 13.1 Å². The third kappa shape index (κ3) is 10.2. The molecule has 34 heavy (non-hydrogen) atoms. The van der Waals surface area contributed by atoms with Gasteiger partial charge in [0.05, 0.1) is 12.1 Å². The van der Waals surface area contributed by atoms with Gasteiger partial charge in [-0.2, -0.15) is 0 Å². The molecule has 0 bridgehead atoms. The van der Waals surface area contributed by atoms with E-state index in [0.717, 1.165) is 11.1 Å². The van der Waals surface area contributed by atoms with E-state index in [1.54, 1.807) is 38.1 Å². The van der Waals surface area contributed by atoms with Crippen molar-refractivity contribution in [3.05, 3.63) is 71.8 Å². The van der Waals surface area contributed by atoms with E-state index in [2.05, 4.69) is 21.3 Å². The molecule has 2 aromatic rings. The van der Waals surface area contributed by atoms with Gasteiger partial charge in [0.25, 0.3) is 0 Å². The molecule has 0 unspecified atom stereocenters. The fourth-order valence-corrected chi connectivity index (χ4v) is 2.70. The van der Waals surface area contributed by atoms with E-state index in [1.807, 2.05) is 36.4 Å². The maximum Gasteiger partial charge on any atom is 0.414 e. The molecular weight excluding hydrogens is 440 g/mol. The van der Waals surface area contributed by atoms with Crippen LogP contribution in [-0.2, 0) is 32.3 Å². The van der Waals surface area contributed by atoms with E-state index in [1.165, 1.54) is 0 Å². The molecular formula is C24H30N4O6. The SMILES string of the molecule is C[C@H](NCCN[C@@H](C)C(=O)NC(=O)OCc1ccccc1)C(=O)NC(=O)OCc1ccccc1. The molecule has 182 valence electrons. The smallest absolute Gasteiger partial charge is 0.414 e. The van der Waals surface area contributed by atoms with Gasteiger partial charge in [-0.25, -0.2) is 9.59 Å². The highest BCUT2D eigenvalue weighted by Crippen LogP contribution is 2.01. The zero-order valence-corrected chi connectivity index (χ0v) is 19.2. The van der Waals surface area contributed by atoms with Crippen molar-refractivity contribution < 1.29 is 28.7 Å². The quantitative estimate of drug-likeness (QED) is 0.366. The first-order valence-corrected chi connectivity index (χ1v) is 10.8. The number of hydrogen-bond donors (Lipinski definition) is 4. The first kappa shape index (κ1) is 26.5. The standard InChI is InChI=1S/C24H30N4O6/c1-17(21(29)27-23(31)33-15-19-9-5-3-6-10-19)25-13-14-26-18(2)22(30)28-24(32)34-16-20-11-7-4-8-12-20/h3-12,17-18,25-26H,13-16H2,1-2H3,(H,27,29,31)(H,28,30,32)/t17-,18-/m0/s1. The van der Waals surface area contributed by atoms with Crippen LogP contribution in [0, 0.1) is 0 Å². The molecule has 4 N–H and O–H groups in total. The van der Waals surface area contributed by atoms with Crippen LogP contribution in [0.4, 0.5) is 9.59 Å². The normalized spacial score (nSPS) is 12.2. The Labute approximate surface area is 198 Å². The molecule has 0 heterocycles. The van der Waals surface area contributed by atoms with Crippen LogP contribution in [0.2, 0.25) is 0 Å². The van der Waals surface area contributed by atoms with Crippen molar-refractivity contribution in [2.24, 2.45) is 0 Å². The summed E-state index contributed by atoms with van der Waals surface area (Å²) in [5.41, 5.74) is 1.62. The molecule has 0 aliphatic heterocycles. The Bertz CT molecular complexity index is 861. The molecule has 0 saturated heterocycles. The lowest BCUT2D eigenvalue weighted by molar-refractivity contribution is -0.123. The molecule has 0 aromatic heterocycles. The van der Waals surface area contributed by atoms with Crippen LogP contribution in [0.1, 0.15) is 25.0 Å². The maximum absolute atomic E-state index is 12.1. The lowest BCUT2D eigenvalue weighted by atomic mass is 10.2. The summed E-state index contributed by atoms with van der Waals surface area (Å²) in [4.78, 5) is 47.7. The number of alkyl carbamates (subject to hydrolysis) is 2. The molecule has 4 amide bonds. The van der Waals surface area contributed by atoms with E-state index in [0.29, 0.717) is 13.1 Å². The summed E-state index contributed by atoms with van der Waals surface area (Å²) in [5.74, 6) is -1.07. The largest absolute Gasteiger partial charge is 0.444 e. The number of hydrogen-bond acceptors (Lipinski definition) is 8. The molecule has 0 aliphatic carbocycles. The van der Waals surface area contributed by atoms with Crippen LogP contribution < -0.4 is 21.3 Å². The molecule has 2 atom stereocenters. The highest BCUT2D eigenvalue weighted by molar-refractivity contribution is 5.95. The summed E-state index contributed by atoms with van der Waals surface area (Å²) < 4.78 is 10.0. The number of imide groups is 2. The van der Waals surface area contributed by atoms with E-state index in [-0.39, 0.29) is 13.2 Å². The minimum atomic E-state index is -0.829. The van der Waals surface area contributed by atoms with Crippen LogP contribution in [0.5, 0.6) is 0 Å². The molecule has 2 rings (SSSR count). The average Bonchev–Trinajstić information content (AvgIpc) is 2.85. The van der Waals surface area contributed by atoms with Crippen molar-refractivity contribution in [3.63, 3.8) is 0 Å². The molecule has 10 heteroatoms. The van der Waals surface area contributed by atoms with Crippen LogP contribution in [0.25, 0.3) is 0 Å². The number of carbonyl (C=O) groups excluding carboxylic acids is 4. The molecule has 0 radical (unpaired) electrons. The lowest BCUT2D eigenvalue weighted by Crippen LogP contribution is -2.49. The van der Waals surface area contributed by atoms with Crippen molar-refractivity contribution in [1.29, 1.82) is 0 Å². The lowest BCUT2D eigenvalue weighted by Gasteiger charge is -2.16. The number of amides is 4. The topological polar surface area (TPSA) is 135 Å². The zero-order valence-electron chi connectivity index (χ0n) is 19.2. The van der Waals surface area contributed by atoms with Gasteiger partial charge in [0.15, 0.2) is 0 Å². The predicted molar refractivity (Wildman–Crippen MR) is 124 cm³/mol. The maximum atomic E-state index is 12.1. The molecule has 0 aliphatic rings. The van der Waals surface area contributed by atoms with Crippen LogP contribution in [0.15, 0.2) is 60.7 Å². The van der Waals surface area contributed by atoms with Crippen LogP contribution in [0.3, 0.4) is 0 Å². The zero-order chi connectivity index (χ0) is 24.8. The number of benzene rings is 2. The summed E-state index contributed by atoms with van der Waals surface area (Å²) in [6, 6.07) is 16.9. The second-order valence-electron chi connectivity index (χ2n) is 7.45. The van der Waals surface area contributed by atoms with Crippen molar-refractivity contribution in [2.45, 2.75) is 39.1 Å². The van der Waals surface area contributed by atoms with Gasteiger partial charge in [-0.15, -0.1) is 0 Å². The fourth-order valence-electron chi connectivity index (χ4n) is 2.70. The Morgan fingerprint density at radius 1 is 0.647 bits per heavy atom. The van der Waals surface area contributed by atoms with E-state index in [4.69, 9.17) is 9.47 Å². The molecule has 0 saturated carbocycles. The monoisotopic (exact) mass is 470 g/mol. The summed E-state index contributed by atoms with van der Waals surface area (Å²) in [6.45, 7) is 3.99. The van der Waals surface area contributed by atoms with Crippen molar-refractivity contribution in [3.8, 4) is 0 Å². The van der Waals surface area contributed by atoms with Gasteiger partial charge in [-0.05, 0) is 25.0 Å². The van der Waals surface area contributed by atoms with Crippen molar-refractivity contribution in [1.82, 2.24) is 21.3 Å². The Balaban J connectivity index is 1.57. The second kappa shape index (κ2) is 14.4. The first-order chi connectivity index (χ1) is 16.3. The summed E-state index contributed by atoms with van der Waals surface area (Å²) >= 11 is 0. The fraction of sp³-hybridized carbons (Fsp3) is 0.333. The Morgan fingerprint density at radius 3 is 1.35 bits per heavy atom. The Kier molecular flexibility index (Phi) is 11.2. The van der Waals surface area contributed by atoms with Gasteiger partial charge in [0.1, 0.15) is 13.2 Å². The van der Waals surface area contributed by atoms with Gasteiger partial charge in [-0.1, -0.05) is 60.7 Å². The summed E-state index contributed by atoms with van der Waals surface area (Å²) in [5, 5.41) is 10.2. The molecule has 0 spiro atoms. The van der Waals surface area contributed by atoms with Gasteiger partial charge >= 0.3 is 12.2 Å². The predicted octanol–water partition coefficient (Wildman–Crippen LogP) is 1.85. The average molecular weight is 471 g/mol. The Hall–Kier alpha value is -3.76. The number of rotatable bonds is 11. The van der Waals surface area contributed by atoms with Crippen LogP contribution in [-0.4, -0.2) is 49.2 Å². The van der Waals surface area contributed by atoms with Gasteiger partial charge < -0.3 is 20.1 Å². The van der Waals surface area contributed by atoms with Crippen molar-refractivity contribution >= 4 is 24.0 Å². The summed E-state index contributed by atoms with van der Waals surface area (Å²) in [7, 11) is 0. The van der Waals surface area contributed by atoms with Gasteiger partial charge in [-0.3, -0.25) is 20.2 Å². The first-order valence-electron chi connectivity index (χ1n) is 10.8. The molecule has 2 aromatic carbocycles. The van der Waals surface area contributed by atoms with Gasteiger partial charge in [0.2, 0.25) is 11.8 Å². The van der Waals surface area contributed by atoms with Crippen molar-refractivity contribution in [2.75, 3.05) is 13.1 Å². The summed E-state index contributed by atoms with van der Waals surface area (Å²) in [6.07, 6.45) is -1.66. The highest BCUT2D eigenvalue weighted by Gasteiger charge is 2.18. The highest BCUT2D eigenvalue weighted by atomic mass is 16.6. The minimum Gasteiger partial charge on any atom is -0.444 e.